The van der Waals surface area contributed by atoms with Crippen LogP contribution in [0.3, 0.4) is 0 Å². The highest BCUT2D eigenvalue weighted by Crippen LogP contribution is 2.35. The molecule has 1 saturated heterocycles. The molecule has 7 heteroatoms. The Kier molecular flexibility index (Phi) is 6.76. The predicted molar refractivity (Wildman–Crippen MR) is 131 cm³/mol. The van der Waals surface area contributed by atoms with E-state index in [-0.39, 0.29) is 5.91 Å². The summed E-state index contributed by atoms with van der Waals surface area (Å²) in [6.07, 6.45) is 9.00. The molecular formula is C26H33N5O2. The van der Waals surface area contributed by atoms with Crippen LogP contribution >= 0.6 is 0 Å². The molecule has 0 atom stereocenters. The SMILES string of the molecule is O=C(NCCCCN1CCN(c2cccc3c2OCCCC3)CC1)c1c[nH]c2ncccc12. The highest BCUT2D eigenvalue weighted by Gasteiger charge is 2.22. The third-order valence-electron chi connectivity index (χ3n) is 6.76. The Labute approximate surface area is 195 Å². The smallest absolute Gasteiger partial charge is 0.253 e. The standard InChI is InChI=1S/C26H33N5O2/c32-26(22-19-29-25-21(22)9-6-12-27-25)28-11-2-3-13-30-14-16-31(17-15-30)23-10-5-8-20-7-1-4-18-33-24(20)23/h5-6,8-10,12,19H,1-4,7,11,13-18H2,(H,27,29)(H,28,32). The molecule has 0 aliphatic carbocycles. The van der Waals surface area contributed by atoms with Crippen LogP contribution in [0.25, 0.3) is 11.0 Å². The molecule has 0 radical (unpaired) electrons. The highest BCUT2D eigenvalue weighted by molar-refractivity contribution is 6.05. The average molecular weight is 448 g/mol. The maximum absolute atomic E-state index is 12.5. The lowest BCUT2D eigenvalue weighted by Gasteiger charge is -2.37. The first-order chi connectivity index (χ1) is 16.3. The van der Waals surface area contributed by atoms with E-state index in [4.69, 9.17) is 4.74 Å². The van der Waals surface area contributed by atoms with Gasteiger partial charge in [0, 0.05) is 50.5 Å². The van der Waals surface area contributed by atoms with Crippen molar-refractivity contribution in [2.24, 2.45) is 0 Å². The minimum atomic E-state index is -0.0351. The van der Waals surface area contributed by atoms with Crippen molar-refractivity contribution in [3.8, 4) is 5.75 Å². The molecule has 0 bridgehead atoms. The van der Waals surface area contributed by atoms with Crippen molar-refractivity contribution in [3.05, 3.63) is 53.9 Å². The van der Waals surface area contributed by atoms with Gasteiger partial charge in [-0.2, -0.15) is 0 Å². The molecule has 2 N–H and O–H groups in total. The molecule has 1 amide bonds. The van der Waals surface area contributed by atoms with E-state index in [1.807, 2.05) is 12.1 Å². The Morgan fingerprint density at radius 3 is 2.91 bits per heavy atom. The van der Waals surface area contributed by atoms with E-state index < -0.39 is 0 Å². The summed E-state index contributed by atoms with van der Waals surface area (Å²) < 4.78 is 6.13. The molecule has 0 spiro atoms. The van der Waals surface area contributed by atoms with Gasteiger partial charge in [-0.15, -0.1) is 0 Å². The van der Waals surface area contributed by atoms with Crippen LogP contribution in [0.2, 0.25) is 0 Å². The molecular weight excluding hydrogens is 414 g/mol. The normalized spacial score (nSPS) is 16.8. The third kappa shape index (κ3) is 4.98. The van der Waals surface area contributed by atoms with Crippen molar-refractivity contribution in [2.45, 2.75) is 32.1 Å². The summed E-state index contributed by atoms with van der Waals surface area (Å²) in [4.78, 5) is 24.8. The van der Waals surface area contributed by atoms with Crippen LogP contribution in [0.15, 0.2) is 42.7 Å². The highest BCUT2D eigenvalue weighted by atomic mass is 16.5. The van der Waals surface area contributed by atoms with Gasteiger partial charge < -0.3 is 19.9 Å². The number of para-hydroxylation sites is 1. The zero-order valence-corrected chi connectivity index (χ0v) is 19.2. The fraction of sp³-hybridized carbons (Fsp3) is 0.462. The van der Waals surface area contributed by atoms with Gasteiger partial charge in [-0.3, -0.25) is 9.69 Å². The molecule has 2 aliphatic rings. The lowest BCUT2D eigenvalue weighted by molar-refractivity contribution is 0.0954. The molecule has 33 heavy (non-hydrogen) atoms. The van der Waals surface area contributed by atoms with Gasteiger partial charge in [-0.25, -0.2) is 4.98 Å². The largest absolute Gasteiger partial charge is 0.491 e. The minimum Gasteiger partial charge on any atom is -0.491 e. The van der Waals surface area contributed by atoms with Crippen LogP contribution in [0.1, 0.15) is 41.6 Å². The molecule has 2 aliphatic heterocycles. The number of unbranched alkanes of at least 4 members (excludes halogenated alkanes) is 1. The Balaban J connectivity index is 1.04. The van der Waals surface area contributed by atoms with Crippen molar-refractivity contribution < 1.29 is 9.53 Å². The van der Waals surface area contributed by atoms with E-state index in [9.17, 15) is 4.79 Å². The number of aromatic nitrogens is 2. The maximum atomic E-state index is 12.5. The summed E-state index contributed by atoms with van der Waals surface area (Å²) in [6.45, 7) is 6.80. The van der Waals surface area contributed by atoms with Gasteiger partial charge in [0.15, 0.2) is 0 Å². The number of anilines is 1. The van der Waals surface area contributed by atoms with E-state index in [1.54, 1.807) is 12.4 Å². The molecule has 2 aromatic heterocycles. The fourth-order valence-electron chi connectivity index (χ4n) is 4.89. The number of fused-ring (bicyclic) bond motifs is 2. The van der Waals surface area contributed by atoms with Crippen molar-refractivity contribution in [1.29, 1.82) is 0 Å². The van der Waals surface area contributed by atoms with Crippen LogP contribution in [0, 0.1) is 0 Å². The number of piperazine rings is 1. The number of H-pyrrole nitrogens is 1. The van der Waals surface area contributed by atoms with Gasteiger partial charge in [0.2, 0.25) is 0 Å². The van der Waals surface area contributed by atoms with Crippen LogP contribution in [0.5, 0.6) is 5.75 Å². The molecule has 3 aromatic rings. The van der Waals surface area contributed by atoms with E-state index in [0.29, 0.717) is 12.1 Å². The van der Waals surface area contributed by atoms with Gasteiger partial charge in [0.1, 0.15) is 11.4 Å². The van der Waals surface area contributed by atoms with E-state index >= 15 is 0 Å². The number of hydrogen-bond acceptors (Lipinski definition) is 5. The van der Waals surface area contributed by atoms with E-state index in [2.05, 4.69) is 43.3 Å². The van der Waals surface area contributed by atoms with Gasteiger partial charge in [-0.1, -0.05) is 12.1 Å². The topological polar surface area (TPSA) is 73.5 Å². The van der Waals surface area contributed by atoms with Crippen LogP contribution in [-0.2, 0) is 6.42 Å². The van der Waals surface area contributed by atoms with Gasteiger partial charge in [0.05, 0.1) is 17.9 Å². The van der Waals surface area contributed by atoms with Gasteiger partial charge in [0.25, 0.3) is 5.91 Å². The molecule has 174 valence electrons. The average Bonchev–Trinajstić information content (AvgIpc) is 3.14. The quantitative estimate of drug-likeness (QED) is 0.542. The number of carbonyl (C=O) groups is 1. The molecule has 1 fully saturated rings. The second-order valence-electron chi connectivity index (χ2n) is 8.96. The number of hydrogen-bond donors (Lipinski definition) is 2. The third-order valence-corrected chi connectivity index (χ3v) is 6.76. The maximum Gasteiger partial charge on any atom is 0.253 e. The second kappa shape index (κ2) is 10.3. The number of ether oxygens (including phenoxy) is 1. The molecule has 4 heterocycles. The molecule has 0 unspecified atom stereocenters. The Bertz CT molecular complexity index is 1090. The summed E-state index contributed by atoms with van der Waals surface area (Å²) in [5.74, 6) is 1.08. The molecule has 0 saturated carbocycles. The van der Waals surface area contributed by atoms with Crippen molar-refractivity contribution in [1.82, 2.24) is 20.2 Å². The number of aryl methyl sites for hydroxylation is 1. The number of carbonyl (C=O) groups excluding carboxylic acids is 1. The number of amides is 1. The molecule has 5 rings (SSSR count). The minimum absolute atomic E-state index is 0.0351. The van der Waals surface area contributed by atoms with Crippen molar-refractivity contribution in [3.63, 3.8) is 0 Å². The van der Waals surface area contributed by atoms with Gasteiger partial charge in [-0.05, 0) is 62.4 Å². The van der Waals surface area contributed by atoms with Crippen molar-refractivity contribution in [2.75, 3.05) is 50.8 Å². The summed E-state index contributed by atoms with van der Waals surface area (Å²) in [5, 5.41) is 3.92. The predicted octanol–water partition coefficient (Wildman–Crippen LogP) is 3.61. The van der Waals surface area contributed by atoms with Gasteiger partial charge >= 0.3 is 0 Å². The first-order valence-corrected chi connectivity index (χ1v) is 12.2. The zero-order chi connectivity index (χ0) is 22.5. The summed E-state index contributed by atoms with van der Waals surface area (Å²) in [7, 11) is 0. The Hall–Kier alpha value is -3.06. The van der Waals surface area contributed by atoms with Crippen LogP contribution in [-0.4, -0.2) is 66.7 Å². The van der Waals surface area contributed by atoms with E-state index in [0.717, 1.165) is 81.8 Å². The lowest BCUT2D eigenvalue weighted by Crippen LogP contribution is -2.46. The first-order valence-electron chi connectivity index (χ1n) is 12.2. The Morgan fingerprint density at radius 2 is 2.00 bits per heavy atom. The fourth-order valence-corrected chi connectivity index (χ4v) is 4.89. The number of benzene rings is 1. The number of aromatic amines is 1. The number of nitrogens with one attached hydrogen (secondary N) is 2. The molecule has 7 nitrogen and oxygen atoms in total. The summed E-state index contributed by atoms with van der Waals surface area (Å²) in [6, 6.07) is 10.4. The lowest BCUT2D eigenvalue weighted by atomic mass is 10.1. The number of rotatable bonds is 7. The first kappa shape index (κ1) is 21.8. The summed E-state index contributed by atoms with van der Waals surface area (Å²) in [5.41, 5.74) is 4.04. The zero-order valence-electron chi connectivity index (χ0n) is 19.2. The van der Waals surface area contributed by atoms with Crippen molar-refractivity contribution >= 4 is 22.6 Å². The summed E-state index contributed by atoms with van der Waals surface area (Å²) >= 11 is 0. The number of nitrogens with zero attached hydrogens (tertiary/aromatic N) is 3. The van der Waals surface area contributed by atoms with Crippen LogP contribution < -0.4 is 15.0 Å². The van der Waals surface area contributed by atoms with Crippen LogP contribution in [0.4, 0.5) is 5.69 Å². The second-order valence-corrected chi connectivity index (χ2v) is 8.96. The van der Waals surface area contributed by atoms with E-state index in [1.165, 1.54) is 17.7 Å². The Morgan fingerprint density at radius 1 is 1.09 bits per heavy atom. The monoisotopic (exact) mass is 447 g/mol. The molecule has 1 aromatic carbocycles. The number of pyridine rings is 1.